The molecule has 1 aliphatic carbocycles. The SMILES string of the molecule is Cn1c(CCC2(N)CC2)cc2nccnc21. The summed E-state index contributed by atoms with van der Waals surface area (Å²) in [5.74, 6) is 0. The topological polar surface area (TPSA) is 56.7 Å². The van der Waals surface area contributed by atoms with E-state index in [1.165, 1.54) is 18.5 Å². The summed E-state index contributed by atoms with van der Waals surface area (Å²) in [6.07, 6.45) is 7.90. The van der Waals surface area contributed by atoms with Gasteiger partial charge in [0, 0.05) is 30.7 Å². The molecule has 0 unspecified atom stereocenters. The van der Waals surface area contributed by atoms with Gasteiger partial charge >= 0.3 is 0 Å². The van der Waals surface area contributed by atoms with Crippen LogP contribution < -0.4 is 5.73 Å². The van der Waals surface area contributed by atoms with Gasteiger partial charge in [-0.2, -0.15) is 0 Å². The van der Waals surface area contributed by atoms with Crippen molar-refractivity contribution in [3.63, 3.8) is 0 Å². The van der Waals surface area contributed by atoms with E-state index in [4.69, 9.17) is 5.73 Å². The molecule has 1 aliphatic rings. The standard InChI is InChI=1S/C12H16N4/c1-16-9(2-3-12(13)4-5-12)8-10-11(16)15-7-6-14-10/h6-8H,2-5,13H2,1H3. The minimum absolute atomic E-state index is 0.122. The number of hydrogen-bond donors (Lipinski definition) is 1. The Hall–Kier alpha value is -1.42. The summed E-state index contributed by atoms with van der Waals surface area (Å²) in [5, 5.41) is 0. The molecular formula is C12H16N4. The molecule has 2 aromatic heterocycles. The molecule has 3 rings (SSSR count). The molecule has 84 valence electrons. The Bertz CT molecular complexity index is 525. The first-order valence-corrected chi connectivity index (χ1v) is 5.72. The second kappa shape index (κ2) is 3.28. The van der Waals surface area contributed by atoms with Crippen LogP contribution in [0.5, 0.6) is 0 Å². The summed E-state index contributed by atoms with van der Waals surface area (Å²) < 4.78 is 2.12. The normalized spacial score (nSPS) is 17.9. The number of nitrogens with two attached hydrogens (primary N) is 1. The number of hydrogen-bond acceptors (Lipinski definition) is 3. The van der Waals surface area contributed by atoms with E-state index in [1.54, 1.807) is 12.4 Å². The summed E-state index contributed by atoms with van der Waals surface area (Å²) in [4.78, 5) is 8.64. The monoisotopic (exact) mass is 216 g/mol. The summed E-state index contributed by atoms with van der Waals surface area (Å²) in [6.45, 7) is 0. The zero-order chi connectivity index (χ0) is 11.2. The van der Waals surface area contributed by atoms with Crippen LogP contribution in [0.4, 0.5) is 0 Å². The summed E-state index contributed by atoms with van der Waals surface area (Å²) in [7, 11) is 2.04. The van der Waals surface area contributed by atoms with Crippen LogP contribution in [0, 0.1) is 0 Å². The highest BCUT2D eigenvalue weighted by molar-refractivity contribution is 5.72. The Morgan fingerprint density at radius 1 is 1.38 bits per heavy atom. The predicted molar refractivity (Wildman–Crippen MR) is 63.0 cm³/mol. The molecule has 1 saturated carbocycles. The minimum atomic E-state index is 0.122. The highest BCUT2D eigenvalue weighted by atomic mass is 15.0. The molecule has 0 atom stereocenters. The largest absolute Gasteiger partial charge is 0.331 e. The van der Waals surface area contributed by atoms with E-state index in [0.29, 0.717) is 0 Å². The number of nitrogens with zero attached hydrogens (tertiary/aromatic N) is 3. The highest BCUT2D eigenvalue weighted by Gasteiger charge is 2.37. The van der Waals surface area contributed by atoms with Crippen molar-refractivity contribution in [1.29, 1.82) is 0 Å². The van der Waals surface area contributed by atoms with E-state index >= 15 is 0 Å². The van der Waals surface area contributed by atoms with Gasteiger partial charge in [0.1, 0.15) is 5.52 Å². The molecule has 1 fully saturated rings. The van der Waals surface area contributed by atoms with Gasteiger partial charge in [0.05, 0.1) is 0 Å². The van der Waals surface area contributed by atoms with Crippen molar-refractivity contribution in [3.05, 3.63) is 24.2 Å². The quantitative estimate of drug-likeness (QED) is 0.843. The molecule has 16 heavy (non-hydrogen) atoms. The zero-order valence-corrected chi connectivity index (χ0v) is 9.48. The summed E-state index contributed by atoms with van der Waals surface area (Å²) >= 11 is 0. The third kappa shape index (κ3) is 1.59. The first-order chi connectivity index (χ1) is 7.68. The van der Waals surface area contributed by atoms with Gasteiger partial charge in [0.15, 0.2) is 5.65 Å². The second-order valence-corrected chi connectivity index (χ2v) is 4.82. The smallest absolute Gasteiger partial charge is 0.158 e. The second-order valence-electron chi connectivity index (χ2n) is 4.82. The Kier molecular flexibility index (Phi) is 2.01. The van der Waals surface area contributed by atoms with Gasteiger partial charge in [-0.3, -0.25) is 4.98 Å². The lowest BCUT2D eigenvalue weighted by molar-refractivity contribution is 0.595. The molecule has 0 bridgehead atoms. The van der Waals surface area contributed by atoms with Crippen LogP contribution in [0.1, 0.15) is 25.0 Å². The van der Waals surface area contributed by atoms with Crippen LogP contribution in [0.2, 0.25) is 0 Å². The molecule has 0 aliphatic heterocycles. The molecule has 0 aromatic carbocycles. The van der Waals surface area contributed by atoms with Crippen LogP contribution >= 0.6 is 0 Å². The van der Waals surface area contributed by atoms with E-state index in [2.05, 4.69) is 20.6 Å². The first kappa shape index (κ1) is 9.78. The lowest BCUT2D eigenvalue weighted by Crippen LogP contribution is -2.22. The molecule has 4 heteroatoms. The van der Waals surface area contributed by atoms with Crippen LogP contribution in [-0.4, -0.2) is 20.1 Å². The number of rotatable bonds is 3. The van der Waals surface area contributed by atoms with Gasteiger partial charge in [-0.05, 0) is 31.7 Å². The predicted octanol–water partition coefficient (Wildman–Crippen LogP) is 1.39. The molecule has 0 radical (unpaired) electrons. The number of fused-ring (bicyclic) bond motifs is 1. The maximum atomic E-state index is 6.10. The van der Waals surface area contributed by atoms with Gasteiger partial charge in [-0.15, -0.1) is 0 Å². The maximum Gasteiger partial charge on any atom is 0.158 e. The zero-order valence-electron chi connectivity index (χ0n) is 9.48. The van der Waals surface area contributed by atoms with Crippen molar-refractivity contribution in [2.24, 2.45) is 12.8 Å². The van der Waals surface area contributed by atoms with Crippen molar-refractivity contribution in [1.82, 2.24) is 14.5 Å². The van der Waals surface area contributed by atoms with E-state index in [-0.39, 0.29) is 5.54 Å². The molecule has 0 amide bonds. The molecule has 2 heterocycles. The molecule has 4 nitrogen and oxygen atoms in total. The average molecular weight is 216 g/mol. The van der Waals surface area contributed by atoms with Crippen molar-refractivity contribution >= 4 is 11.2 Å². The fourth-order valence-corrected chi connectivity index (χ4v) is 2.12. The lowest BCUT2D eigenvalue weighted by atomic mass is 10.1. The summed E-state index contributed by atoms with van der Waals surface area (Å²) in [6, 6.07) is 2.12. The Balaban J connectivity index is 1.88. The van der Waals surface area contributed by atoms with Crippen molar-refractivity contribution in [2.75, 3.05) is 0 Å². The third-order valence-electron chi connectivity index (χ3n) is 3.53. The lowest BCUT2D eigenvalue weighted by Gasteiger charge is -2.08. The first-order valence-electron chi connectivity index (χ1n) is 5.72. The van der Waals surface area contributed by atoms with Gasteiger partial charge in [-0.25, -0.2) is 4.98 Å². The van der Waals surface area contributed by atoms with Gasteiger partial charge in [-0.1, -0.05) is 0 Å². The van der Waals surface area contributed by atoms with Gasteiger partial charge < -0.3 is 10.3 Å². The third-order valence-corrected chi connectivity index (χ3v) is 3.53. The Morgan fingerprint density at radius 3 is 2.81 bits per heavy atom. The van der Waals surface area contributed by atoms with E-state index in [9.17, 15) is 0 Å². The molecular weight excluding hydrogens is 200 g/mol. The fourth-order valence-electron chi connectivity index (χ4n) is 2.12. The van der Waals surface area contributed by atoms with E-state index < -0.39 is 0 Å². The number of aryl methyl sites for hydroxylation is 2. The Morgan fingerprint density at radius 2 is 2.12 bits per heavy atom. The Labute approximate surface area is 94.5 Å². The molecule has 2 N–H and O–H groups in total. The van der Waals surface area contributed by atoms with Crippen LogP contribution in [-0.2, 0) is 13.5 Å². The number of aromatic nitrogens is 3. The van der Waals surface area contributed by atoms with Crippen molar-refractivity contribution in [3.8, 4) is 0 Å². The van der Waals surface area contributed by atoms with E-state index in [0.717, 1.165) is 24.0 Å². The minimum Gasteiger partial charge on any atom is -0.331 e. The molecule has 0 saturated heterocycles. The molecule has 2 aromatic rings. The van der Waals surface area contributed by atoms with Crippen LogP contribution in [0.15, 0.2) is 18.5 Å². The highest BCUT2D eigenvalue weighted by Crippen LogP contribution is 2.36. The molecule has 0 spiro atoms. The van der Waals surface area contributed by atoms with Gasteiger partial charge in [0.25, 0.3) is 0 Å². The maximum absolute atomic E-state index is 6.10. The van der Waals surface area contributed by atoms with Crippen molar-refractivity contribution < 1.29 is 0 Å². The van der Waals surface area contributed by atoms with Crippen molar-refractivity contribution in [2.45, 2.75) is 31.2 Å². The average Bonchev–Trinajstić information content (AvgIpc) is 2.94. The summed E-state index contributed by atoms with van der Waals surface area (Å²) in [5.41, 5.74) is 9.43. The van der Waals surface area contributed by atoms with E-state index in [1.807, 2.05) is 7.05 Å². The fraction of sp³-hybridized carbons (Fsp3) is 0.500. The van der Waals surface area contributed by atoms with Crippen LogP contribution in [0.3, 0.4) is 0 Å². The van der Waals surface area contributed by atoms with Crippen LogP contribution in [0.25, 0.3) is 11.2 Å². The van der Waals surface area contributed by atoms with Gasteiger partial charge in [0.2, 0.25) is 0 Å².